The minimum Gasteiger partial charge on any atom is -0.414 e. The standard InChI is InChI=1S/C12H26O2Si/c1-12(2,3)15(4,5)14-11-8-6-7-10(11)9-13/h10-11,13H,6-9H2,1-5H3. The van der Waals surface area contributed by atoms with Crippen molar-refractivity contribution in [3.8, 4) is 0 Å². The number of hydrogen-bond acceptors (Lipinski definition) is 2. The van der Waals surface area contributed by atoms with E-state index in [2.05, 4.69) is 33.9 Å². The van der Waals surface area contributed by atoms with Gasteiger partial charge in [0.25, 0.3) is 0 Å². The fraction of sp³-hybridized carbons (Fsp3) is 1.00. The van der Waals surface area contributed by atoms with Crippen LogP contribution in [0.3, 0.4) is 0 Å². The van der Waals surface area contributed by atoms with Crippen LogP contribution in [0.15, 0.2) is 0 Å². The number of aliphatic hydroxyl groups is 1. The Morgan fingerprint density at radius 2 is 1.87 bits per heavy atom. The SMILES string of the molecule is CC(C)(C)[Si](C)(C)OC1CCCC1CO. The largest absolute Gasteiger partial charge is 0.414 e. The van der Waals surface area contributed by atoms with Crippen LogP contribution < -0.4 is 0 Å². The van der Waals surface area contributed by atoms with Gasteiger partial charge in [0.15, 0.2) is 8.32 Å². The molecule has 90 valence electrons. The zero-order chi connectivity index (χ0) is 11.7. The van der Waals surface area contributed by atoms with Crippen molar-refractivity contribution < 1.29 is 9.53 Å². The summed E-state index contributed by atoms with van der Waals surface area (Å²) in [5.74, 6) is 0.388. The van der Waals surface area contributed by atoms with Gasteiger partial charge >= 0.3 is 0 Å². The Hall–Kier alpha value is 0.137. The quantitative estimate of drug-likeness (QED) is 0.755. The van der Waals surface area contributed by atoms with Crippen LogP contribution in [0.1, 0.15) is 40.0 Å². The molecule has 0 saturated heterocycles. The molecule has 1 N–H and O–H groups in total. The molecule has 1 fully saturated rings. The van der Waals surface area contributed by atoms with Crippen LogP contribution in [0.2, 0.25) is 18.1 Å². The summed E-state index contributed by atoms with van der Waals surface area (Å²) >= 11 is 0. The number of rotatable bonds is 3. The molecule has 2 unspecified atom stereocenters. The van der Waals surface area contributed by atoms with E-state index in [0.717, 1.165) is 12.8 Å². The summed E-state index contributed by atoms with van der Waals surface area (Å²) in [7, 11) is -1.64. The summed E-state index contributed by atoms with van der Waals surface area (Å²) in [4.78, 5) is 0. The van der Waals surface area contributed by atoms with Gasteiger partial charge in [-0.15, -0.1) is 0 Å². The lowest BCUT2D eigenvalue weighted by atomic mass is 10.1. The summed E-state index contributed by atoms with van der Waals surface area (Å²) in [5, 5.41) is 9.54. The number of hydrogen-bond donors (Lipinski definition) is 1. The summed E-state index contributed by atoms with van der Waals surface area (Å²) in [6, 6.07) is 0. The van der Waals surface area contributed by atoms with Gasteiger partial charge in [-0.3, -0.25) is 0 Å². The van der Waals surface area contributed by atoms with Crippen LogP contribution in [0, 0.1) is 5.92 Å². The van der Waals surface area contributed by atoms with E-state index in [1.54, 1.807) is 0 Å². The van der Waals surface area contributed by atoms with Crippen LogP contribution in [0.5, 0.6) is 0 Å². The van der Waals surface area contributed by atoms with Crippen LogP contribution in [-0.4, -0.2) is 26.1 Å². The molecule has 0 radical (unpaired) electrons. The van der Waals surface area contributed by atoms with Crippen LogP contribution in [-0.2, 0) is 4.43 Å². The Balaban J connectivity index is 2.60. The van der Waals surface area contributed by atoms with E-state index in [9.17, 15) is 5.11 Å². The molecule has 1 aliphatic rings. The highest BCUT2D eigenvalue weighted by Crippen LogP contribution is 2.40. The summed E-state index contributed by atoms with van der Waals surface area (Å²) < 4.78 is 6.35. The van der Waals surface area contributed by atoms with Gasteiger partial charge in [-0.05, 0) is 31.0 Å². The van der Waals surface area contributed by atoms with Crippen molar-refractivity contribution in [3.05, 3.63) is 0 Å². The molecule has 0 bridgehead atoms. The third kappa shape index (κ3) is 3.05. The third-order valence-electron chi connectivity index (χ3n) is 4.08. The van der Waals surface area contributed by atoms with Crippen LogP contribution in [0.25, 0.3) is 0 Å². The highest BCUT2D eigenvalue weighted by Gasteiger charge is 2.41. The molecule has 1 saturated carbocycles. The van der Waals surface area contributed by atoms with Gasteiger partial charge in [0.05, 0.1) is 6.10 Å². The molecule has 0 aromatic rings. The maximum absolute atomic E-state index is 9.27. The fourth-order valence-electron chi connectivity index (χ4n) is 1.92. The summed E-state index contributed by atoms with van der Waals surface area (Å²) in [5.41, 5.74) is 0. The lowest BCUT2D eigenvalue weighted by molar-refractivity contribution is 0.0981. The minimum absolute atomic E-state index is 0.273. The van der Waals surface area contributed by atoms with Gasteiger partial charge in [0.1, 0.15) is 0 Å². The fourth-order valence-corrected chi connectivity index (χ4v) is 3.34. The van der Waals surface area contributed by atoms with E-state index in [1.807, 2.05) is 0 Å². The molecule has 0 spiro atoms. The van der Waals surface area contributed by atoms with Gasteiger partial charge in [-0.1, -0.05) is 27.2 Å². The van der Waals surface area contributed by atoms with E-state index in [-0.39, 0.29) is 5.04 Å². The van der Waals surface area contributed by atoms with Crippen LogP contribution >= 0.6 is 0 Å². The molecule has 0 amide bonds. The second-order valence-corrected chi connectivity index (χ2v) is 11.0. The Morgan fingerprint density at radius 1 is 1.27 bits per heavy atom. The monoisotopic (exact) mass is 230 g/mol. The van der Waals surface area contributed by atoms with Crippen molar-refractivity contribution >= 4 is 8.32 Å². The smallest absolute Gasteiger partial charge is 0.192 e. The molecular formula is C12H26O2Si. The van der Waals surface area contributed by atoms with E-state index in [0.29, 0.717) is 18.6 Å². The first-order valence-corrected chi connectivity index (χ1v) is 8.97. The van der Waals surface area contributed by atoms with Gasteiger partial charge in [-0.2, -0.15) is 0 Å². The molecule has 0 aromatic heterocycles. The summed E-state index contributed by atoms with van der Waals surface area (Å²) in [6.45, 7) is 11.7. The lowest BCUT2D eigenvalue weighted by Crippen LogP contribution is -2.45. The summed E-state index contributed by atoms with van der Waals surface area (Å²) in [6.07, 6.45) is 3.80. The molecule has 0 aliphatic heterocycles. The van der Waals surface area contributed by atoms with Crippen molar-refractivity contribution in [2.45, 2.75) is 64.3 Å². The first-order valence-electron chi connectivity index (χ1n) is 6.06. The average molecular weight is 230 g/mol. The molecule has 1 aliphatic carbocycles. The van der Waals surface area contributed by atoms with Gasteiger partial charge < -0.3 is 9.53 Å². The first kappa shape index (κ1) is 13.2. The van der Waals surface area contributed by atoms with E-state index in [4.69, 9.17) is 4.43 Å². The highest BCUT2D eigenvalue weighted by atomic mass is 28.4. The highest BCUT2D eigenvalue weighted by molar-refractivity contribution is 6.74. The first-order chi connectivity index (χ1) is 6.78. The van der Waals surface area contributed by atoms with Crippen molar-refractivity contribution in [1.82, 2.24) is 0 Å². The van der Waals surface area contributed by atoms with Gasteiger partial charge in [-0.25, -0.2) is 0 Å². The minimum atomic E-state index is -1.64. The van der Waals surface area contributed by atoms with Crippen molar-refractivity contribution in [1.29, 1.82) is 0 Å². The third-order valence-corrected chi connectivity index (χ3v) is 8.58. The molecule has 3 heteroatoms. The zero-order valence-electron chi connectivity index (χ0n) is 10.8. The topological polar surface area (TPSA) is 29.5 Å². The predicted molar refractivity (Wildman–Crippen MR) is 66.5 cm³/mol. The Labute approximate surface area is 95.2 Å². The molecule has 1 rings (SSSR count). The predicted octanol–water partition coefficient (Wildman–Crippen LogP) is 3.17. The van der Waals surface area contributed by atoms with Crippen molar-refractivity contribution in [2.75, 3.05) is 6.61 Å². The second-order valence-electron chi connectivity index (χ2n) is 6.29. The maximum atomic E-state index is 9.27. The normalized spacial score (nSPS) is 28.4. The van der Waals surface area contributed by atoms with E-state index in [1.165, 1.54) is 6.42 Å². The van der Waals surface area contributed by atoms with E-state index >= 15 is 0 Å². The molecular weight excluding hydrogens is 204 g/mol. The average Bonchev–Trinajstić information content (AvgIpc) is 2.48. The Kier molecular flexibility index (Phi) is 4.01. The molecule has 0 aromatic carbocycles. The van der Waals surface area contributed by atoms with Crippen molar-refractivity contribution in [3.63, 3.8) is 0 Å². The van der Waals surface area contributed by atoms with Gasteiger partial charge in [0, 0.05) is 12.5 Å². The number of aliphatic hydroxyl groups excluding tert-OH is 1. The Morgan fingerprint density at radius 3 is 2.33 bits per heavy atom. The molecule has 0 heterocycles. The lowest BCUT2D eigenvalue weighted by Gasteiger charge is -2.39. The molecule has 15 heavy (non-hydrogen) atoms. The maximum Gasteiger partial charge on any atom is 0.192 e. The zero-order valence-corrected chi connectivity index (χ0v) is 11.8. The molecule has 2 nitrogen and oxygen atoms in total. The second kappa shape index (κ2) is 4.56. The van der Waals surface area contributed by atoms with E-state index < -0.39 is 8.32 Å². The van der Waals surface area contributed by atoms with Crippen LogP contribution in [0.4, 0.5) is 0 Å². The Bertz CT molecular complexity index is 208. The molecule has 2 atom stereocenters. The van der Waals surface area contributed by atoms with Crippen molar-refractivity contribution in [2.24, 2.45) is 5.92 Å². The van der Waals surface area contributed by atoms with Gasteiger partial charge in [0.2, 0.25) is 0 Å².